The minimum absolute atomic E-state index is 0.0128. The van der Waals surface area contributed by atoms with Crippen molar-refractivity contribution >= 4 is 5.91 Å². The Morgan fingerprint density at radius 1 is 1.47 bits per heavy atom. The van der Waals surface area contributed by atoms with Gasteiger partial charge in [0.15, 0.2) is 0 Å². The summed E-state index contributed by atoms with van der Waals surface area (Å²) in [6, 6.07) is -0.0128. The second-order valence-corrected chi connectivity index (χ2v) is 3.74. The lowest BCUT2D eigenvalue weighted by molar-refractivity contribution is -0.121. The highest BCUT2D eigenvalue weighted by atomic mass is 16.1. The fourth-order valence-corrected chi connectivity index (χ4v) is 1.71. The maximum absolute atomic E-state index is 11.4. The van der Waals surface area contributed by atoms with E-state index in [4.69, 9.17) is 0 Å². The molecule has 1 aliphatic rings. The molecule has 1 atom stereocenters. The molecule has 82 valence electrons. The smallest absolute Gasteiger partial charge is 0.222 e. The van der Waals surface area contributed by atoms with E-state index in [2.05, 4.69) is 20.9 Å². The fraction of sp³-hybridized carbons (Fsp3) is 0.667. The first-order valence-electron chi connectivity index (χ1n) is 5.04. The van der Waals surface area contributed by atoms with E-state index in [1.54, 1.807) is 4.68 Å². The van der Waals surface area contributed by atoms with Gasteiger partial charge in [-0.05, 0) is 6.92 Å². The third-order valence-electron chi connectivity index (χ3n) is 2.70. The number of aromatic nitrogens is 3. The van der Waals surface area contributed by atoms with Crippen LogP contribution in [-0.2, 0) is 11.8 Å². The Kier molecular flexibility index (Phi) is 2.68. The molecular weight excluding hydrogens is 194 g/mol. The van der Waals surface area contributed by atoms with Crippen molar-refractivity contribution < 1.29 is 4.79 Å². The number of nitrogens with one attached hydrogen (secondary N) is 2. The number of amides is 1. The quantitative estimate of drug-likeness (QED) is 0.640. The molecular formula is C9H15N5O. The van der Waals surface area contributed by atoms with E-state index in [1.807, 2.05) is 14.0 Å². The molecule has 1 aromatic rings. The normalized spacial score (nSPS) is 22.3. The van der Waals surface area contributed by atoms with Gasteiger partial charge in [0, 0.05) is 26.6 Å². The van der Waals surface area contributed by atoms with Gasteiger partial charge in [-0.2, -0.15) is 0 Å². The highest BCUT2D eigenvalue weighted by molar-refractivity contribution is 5.77. The van der Waals surface area contributed by atoms with Crippen LogP contribution >= 0.6 is 0 Å². The summed E-state index contributed by atoms with van der Waals surface area (Å²) in [6.45, 7) is 3.40. The molecule has 1 aliphatic heterocycles. The Hall–Kier alpha value is -1.43. The molecule has 6 nitrogen and oxygen atoms in total. The molecule has 1 saturated heterocycles. The Bertz CT molecular complexity index is 373. The Morgan fingerprint density at radius 2 is 2.27 bits per heavy atom. The van der Waals surface area contributed by atoms with E-state index in [1.165, 1.54) is 0 Å². The Balaban J connectivity index is 2.21. The molecule has 1 fully saturated rings. The van der Waals surface area contributed by atoms with Gasteiger partial charge in [0.1, 0.15) is 5.69 Å². The van der Waals surface area contributed by atoms with E-state index in [0.717, 1.165) is 17.9 Å². The van der Waals surface area contributed by atoms with Gasteiger partial charge in [-0.25, -0.2) is 0 Å². The molecule has 1 amide bonds. The lowest BCUT2D eigenvalue weighted by Gasteiger charge is -2.11. The van der Waals surface area contributed by atoms with Crippen LogP contribution in [0.5, 0.6) is 0 Å². The number of nitrogens with zero attached hydrogens (tertiary/aromatic N) is 3. The van der Waals surface area contributed by atoms with Gasteiger partial charge in [-0.1, -0.05) is 5.21 Å². The predicted octanol–water partition coefficient (Wildman–Crippen LogP) is -0.726. The van der Waals surface area contributed by atoms with Gasteiger partial charge in [-0.15, -0.1) is 5.10 Å². The van der Waals surface area contributed by atoms with Gasteiger partial charge < -0.3 is 10.6 Å². The van der Waals surface area contributed by atoms with Crippen LogP contribution in [0.3, 0.4) is 0 Å². The van der Waals surface area contributed by atoms with Gasteiger partial charge in [0.05, 0.1) is 11.7 Å². The summed E-state index contributed by atoms with van der Waals surface area (Å²) in [5, 5.41) is 14.1. The average molecular weight is 209 g/mol. The summed E-state index contributed by atoms with van der Waals surface area (Å²) in [6.07, 6.45) is 0.430. The first-order valence-corrected chi connectivity index (χ1v) is 5.04. The molecule has 0 aromatic carbocycles. The Labute approximate surface area is 88.0 Å². The molecule has 1 unspecified atom stereocenters. The summed E-state index contributed by atoms with van der Waals surface area (Å²) < 4.78 is 1.72. The van der Waals surface area contributed by atoms with Crippen LogP contribution in [0, 0.1) is 6.92 Å². The van der Waals surface area contributed by atoms with Crippen molar-refractivity contribution in [2.75, 3.05) is 13.1 Å². The summed E-state index contributed by atoms with van der Waals surface area (Å²) >= 11 is 0. The van der Waals surface area contributed by atoms with Crippen LogP contribution < -0.4 is 10.6 Å². The first-order chi connectivity index (χ1) is 7.18. The van der Waals surface area contributed by atoms with Crippen LogP contribution in [0.1, 0.15) is 23.9 Å². The molecule has 0 radical (unpaired) electrons. The van der Waals surface area contributed by atoms with E-state index >= 15 is 0 Å². The number of hydrogen-bond donors (Lipinski definition) is 2. The molecule has 1 aromatic heterocycles. The molecule has 15 heavy (non-hydrogen) atoms. The van der Waals surface area contributed by atoms with Crippen LogP contribution in [0.25, 0.3) is 0 Å². The van der Waals surface area contributed by atoms with E-state index in [9.17, 15) is 4.79 Å². The highest BCUT2D eigenvalue weighted by Crippen LogP contribution is 2.18. The topological polar surface area (TPSA) is 71.8 Å². The second-order valence-electron chi connectivity index (χ2n) is 3.74. The molecule has 2 heterocycles. The molecule has 0 aliphatic carbocycles. The van der Waals surface area contributed by atoms with Gasteiger partial charge in [0.2, 0.25) is 5.91 Å². The summed E-state index contributed by atoms with van der Waals surface area (Å²) in [5.41, 5.74) is 1.87. The van der Waals surface area contributed by atoms with Gasteiger partial charge in [-0.3, -0.25) is 9.48 Å². The van der Waals surface area contributed by atoms with E-state index in [-0.39, 0.29) is 11.9 Å². The van der Waals surface area contributed by atoms with Gasteiger partial charge in [0.25, 0.3) is 0 Å². The number of aryl methyl sites for hydroxylation is 1. The van der Waals surface area contributed by atoms with Crippen LogP contribution in [-0.4, -0.2) is 34.0 Å². The van der Waals surface area contributed by atoms with Crippen molar-refractivity contribution in [2.24, 2.45) is 7.05 Å². The molecule has 6 heteroatoms. The number of rotatable bonds is 1. The second kappa shape index (κ2) is 3.98. The fourth-order valence-electron chi connectivity index (χ4n) is 1.71. The van der Waals surface area contributed by atoms with Crippen molar-refractivity contribution in [2.45, 2.75) is 19.4 Å². The van der Waals surface area contributed by atoms with Crippen molar-refractivity contribution in [1.29, 1.82) is 0 Å². The third kappa shape index (κ3) is 1.99. The number of carbonyl (C=O) groups excluding carboxylic acids is 1. The van der Waals surface area contributed by atoms with Crippen LogP contribution in [0.2, 0.25) is 0 Å². The lowest BCUT2D eigenvalue weighted by Crippen LogP contribution is -2.25. The standard InChI is InChI=1S/C9H15N5O/c1-6-9(12-13-14(6)2)7-5-8(15)11-4-3-10-7/h7,10H,3-5H2,1-2H3,(H,11,15). The number of carbonyl (C=O) groups is 1. The molecule has 2 rings (SSSR count). The average Bonchev–Trinajstić information content (AvgIpc) is 2.42. The molecule has 0 spiro atoms. The predicted molar refractivity (Wildman–Crippen MR) is 54.1 cm³/mol. The zero-order valence-electron chi connectivity index (χ0n) is 8.95. The highest BCUT2D eigenvalue weighted by Gasteiger charge is 2.23. The van der Waals surface area contributed by atoms with Crippen molar-refractivity contribution in [3.05, 3.63) is 11.4 Å². The van der Waals surface area contributed by atoms with Crippen molar-refractivity contribution in [3.63, 3.8) is 0 Å². The monoisotopic (exact) mass is 209 g/mol. The summed E-state index contributed by atoms with van der Waals surface area (Å²) in [4.78, 5) is 11.4. The molecule has 0 bridgehead atoms. The number of hydrogen-bond acceptors (Lipinski definition) is 4. The zero-order valence-corrected chi connectivity index (χ0v) is 8.95. The first kappa shape index (κ1) is 10.1. The minimum atomic E-state index is -0.0128. The largest absolute Gasteiger partial charge is 0.355 e. The molecule has 0 saturated carbocycles. The van der Waals surface area contributed by atoms with E-state index < -0.39 is 0 Å². The summed E-state index contributed by atoms with van der Waals surface area (Å²) in [7, 11) is 1.85. The SMILES string of the molecule is Cc1c(C2CC(=O)NCCN2)nnn1C. The lowest BCUT2D eigenvalue weighted by atomic mass is 10.1. The maximum atomic E-state index is 11.4. The Morgan fingerprint density at radius 3 is 2.93 bits per heavy atom. The van der Waals surface area contributed by atoms with Gasteiger partial charge >= 0.3 is 0 Å². The van der Waals surface area contributed by atoms with Crippen molar-refractivity contribution in [3.8, 4) is 0 Å². The molecule has 2 N–H and O–H groups in total. The van der Waals surface area contributed by atoms with Crippen molar-refractivity contribution in [1.82, 2.24) is 25.6 Å². The minimum Gasteiger partial charge on any atom is -0.355 e. The summed E-state index contributed by atoms with van der Waals surface area (Å²) in [5.74, 6) is 0.0649. The maximum Gasteiger partial charge on any atom is 0.222 e. The van der Waals surface area contributed by atoms with E-state index in [0.29, 0.717) is 13.0 Å². The third-order valence-corrected chi connectivity index (χ3v) is 2.70. The van der Waals surface area contributed by atoms with Crippen LogP contribution in [0.4, 0.5) is 0 Å². The zero-order chi connectivity index (χ0) is 10.8. The van der Waals surface area contributed by atoms with Crippen LogP contribution in [0.15, 0.2) is 0 Å².